The second-order valence-electron chi connectivity index (χ2n) is 5.62. The van der Waals surface area contributed by atoms with Crippen LogP contribution in [0.5, 0.6) is 0 Å². The molecule has 1 aliphatic heterocycles. The van der Waals surface area contributed by atoms with Crippen LogP contribution in [-0.4, -0.2) is 16.4 Å². The molecule has 1 aliphatic rings. The summed E-state index contributed by atoms with van der Waals surface area (Å²) >= 11 is 2.70. The van der Waals surface area contributed by atoms with E-state index < -0.39 is 62.4 Å². The van der Waals surface area contributed by atoms with Gasteiger partial charge >= 0.3 is 12.4 Å². The Morgan fingerprint density at radius 3 is 1.96 bits per heavy atom. The first-order valence-corrected chi connectivity index (χ1v) is 7.92. The molecule has 0 spiro atoms. The van der Waals surface area contributed by atoms with Gasteiger partial charge in [-0.05, 0) is 28.1 Å². The number of fused-ring (bicyclic) bond motifs is 1. The van der Waals surface area contributed by atoms with Crippen LogP contribution in [0.4, 0.5) is 32.2 Å². The second kappa shape index (κ2) is 6.09. The Balaban J connectivity index is 2.38. The molecule has 0 atom stereocenters. The number of aromatic nitrogens is 1. The van der Waals surface area contributed by atoms with Crippen LogP contribution in [0.1, 0.15) is 31.8 Å². The molecule has 1 aromatic carbocycles. The number of nitrogens with one attached hydrogen (secondary N) is 1. The molecule has 0 saturated carbocycles. The fourth-order valence-electron chi connectivity index (χ4n) is 2.73. The van der Waals surface area contributed by atoms with Crippen LogP contribution in [0.25, 0.3) is 5.69 Å². The van der Waals surface area contributed by atoms with Crippen LogP contribution < -0.4 is 16.6 Å². The van der Waals surface area contributed by atoms with E-state index in [0.29, 0.717) is 10.6 Å². The van der Waals surface area contributed by atoms with Gasteiger partial charge in [-0.15, -0.1) is 0 Å². The number of nitrogens with two attached hydrogens (primary N) is 1. The number of anilines is 1. The number of nitrogens with zero attached hydrogens (tertiary/aromatic N) is 1. The highest BCUT2D eigenvalue weighted by Gasteiger charge is 2.44. The van der Waals surface area contributed by atoms with E-state index in [9.17, 15) is 40.7 Å². The van der Waals surface area contributed by atoms with E-state index in [-0.39, 0.29) is 17.7 Å². The highest BCUT2D eigenvalue weighted by atomic mass is 79.9. The lowest BCUT2D eigenvalue weighted by atomic mass is 10.0. The Morgan fingerprint density at radius 2 is 1.43 bits per heavy atom. The van der Waals surface area contributed by atoms with Crippen LogP contribution in [0.3, 0.4) is 0 Å². The summed E-state index contributed by atoms with van der Waals surface area (Å²) in [6.07, 6.45) is -10.7. The molecule has 1 aromatic heterocycles. The largest absolute Gasteiger partial charge is 0.417 e. The summed E-state index contributed by atoms with van der Waals surface area (Å²) in [4.78, 5) is 35.8. The number of nitrogen functional groups attached to an aromatic ring is 1. The molecule has 6 nitrogen and oxygen atoms in total. The molecule has 0 radical (unpaired) electrons. The summed E-state index contributed by atoms with van der Waals surface area (Å²) in [5.74, 6) is -2.62. The first-order chi connectivity index (χ1) is 12.7. The molecule has 0 aliphatic carbocycles. The normalized spacial score (nSPS) is 14.2. The maximum Gasteiger partial charge on any atom is 0.417 e. The zero-order valence-corrected chi connectivity index (χ0v) is 14.7. The molecule has 0 unspecified atom stereocenters. The van der Waals surface area contributed by atoms with Crippen LogP contribution in [0, 0.1) is 0 Å². The molecule has 2 heterocycles. The van der Waals surface area contributed by atoms with Crippen LogP contribution in [-0.2, 0) is 12.4 Å². The van der Waals surface area contributed by atoms with Gasteiger partial charge in [-0.2, -0.15) is 26.3 Å². The number of alkyl halides is 6. The maximum absolute atomic E-state index is 13.2. The molecule has 3 rings (SSSR count). The van der Waals surface area contributed by atoms with Crippen molar-refractivity contribution >= 4 is 33.6 Å². The van der Waals surface area contributed by atoms with Crippen molar-refractivity contribution in [2.24, 2.45) is 0 Å². The van der Waals surface area contributed by atoms with E-state index in [1.165, 1.54) is 0 Å². The SMILES string of the molecule is Nc1c2c(cc(=O)n1-c1cc(C(F)(F)F)c(C(F)(F)F)cc1Br)C(=O)NC2=O. The van der Waals surface area contributed by atoms with Crippen LogP contribution in [0.15, 0.2) is 27.5 Å². The molecule has 3 N–H and O–H groups in total. The highest BCUT2D eigenvalue weighted by molar-refractivity contribution is 9.10. The van der Waals surface area contributed by atoms with Crippen molar-refractivity contribution in [2.75, 3.05) is 5.73 Å². The van der Waals surface area contributed by atoms with Crippen molar-refractivity contribution < 1.29 is 35.9 Å². The third-order valence-corrected chi connectivity index (χ3v) is 4.53. The van der Waals surface area contributed by atoms with E-state index >= 15 is 0 Å². The van der Waals surface area contributed by atoms with Crippen LogP contribution in [0.2, 0.25) is 0 Å². The van der Waals surface area contributed by atoms with E-state index in [1.54, 1.807) is 0 Å². The monoisotopic (exact) mass is 469 g/mol. The van der Waals surface area contributed by atoms with E-state index in [4.69, 9.17) is 5.73 Å². The number of halogens is 7. The average Bonchev–Trinajstić information content (AvgIpc) is 2.80. The zero-order chi connectivity index (χ0) is 21.2. The van der Waals surface area contributed by atoms with Crippen molar-refractivity contribution in [3.63, 3.8) is 0 Å². The lowest BCUT2D eigenvalue weighted by Gasteiger charge is -2.20. The Morgan fingerprint density at radius 1 is 0.893 bits per heavy atom. The topological polar surface area (TPSA) is 94.2 Å². The summed E-state index contributed by atoms with van der Waals surface area (Å²) in [6, 6.07) is 0.900. The van der Waals surface area contributed by atoms with Crippen molar-refractivity contribution in [3.05, 3.63) is 55.3 Å². The molecule has 0 saturated heterocycles. The molecule has 0 bridgehead atoms. The summed E-state index contributed by atoms with van der Waals surface area (Å²) in [5.41, 5.74) is -0.981. The smallest absolute Gasteiger partial charge is 0.384 e. The lowest BCUT2D eigenvalue weighted by molar-refractivity contribution is -0.162. The molecular weight excluding hydrogens is 464 g/mol. The van der Waals surface area contributed by atoms with Gasteiger partial charge in [0.25, 0.3) is 17.4 Å². The van der Waals surface area contributed by atoms with E-state index in [2.05, 4.69) is 15.9 Å². The minimum atomic E-state index is -5.40. The fraction of sp³-hybridized carbons (Fsp3) is 0.133. The van der Waals surface area contributed by atoms with E-state index in [0.717, 1.165) is 0 Å². The standard InChI is InChI=1S/C15H6BrF6N3O3/c16-7-2-5(14(17,18)19)6(15(20,21)22)3-8(7)25-9(26)1-4-10(11(25)23)13(28)24-12(4)27/h1-3H,23H2,(H,24,27,28). The second-order valence-corrected chi connectivity index (χ2v) is 6.47. The average molecular weight is 470 g/mol. The van der Waals surface area contributed by atoms with Gasteiger partial charge in [0.15, 0.2) is 0 Å². The van der Waals surface area contributed by atoms with Gasteiger partial charge in [0, 0.05) is 10.5 Å². The van der Waals surface area contributed by atoms with E-state index in [1.807, 2.05) is 5.32 Å². The molecule has 28 heavy (non-hydrogen) atoms. The number of carbonyl (C=O) groups is 2. The third kappa shape index (κ3) is 3.04. The molecule has 148 valence electrons. The van der Waals surface area contributed by atoms with Crippen molar-refractivity contribution in [1.29, 1.82) is 0 Å². The van der Waals surface area contributed by atoms with Gasteiger partial charge in [-0.25, -0.2) is 0 Å². The summed E-state index contributed by atoms with van der Waals surface area (Å²) in [7, 11) is 0. The fourth-order valence-corrected chi connectivity index (χ4v) is 3.25. The summed E-state index contributed by atoms with van der Waals surface area (Å²) < 4.78 is 78.5. The molecule has 13 heteroatoms. The van der Waals surface area contributed by atoms with Gasteiger partial charge in [0.1, 0.15) is 5.82 Å². The number of imide groups is 1. The Bertz CT molecular complexity index is 1100. The minimum Gasteiger partial charge on any atom is -0.384 e. The summed E-state index contributed by atoms with van der Waals surface area (Å²) in [6.45, 7) is 0. The number of amides is 2. The molecule has 2 aromatic rings. The van der Waals surface area contributed by atoms with Gasteiger partial charge in [-0.3, -0.25) is 24.3 Å². The Labute approximate surface area is 159 Å². The predicted molar refractivity (Wildman–Crippen MR) is 86.0 cm³/mol. The van der Waals surface area contributed by atoms with Gasteiger partial charge in [-0.1, -0.05) is 0 Å². The van der Waals surface area contributed by atoms with Gasteiger partial charge < -0.3 is 5.73 Å². The van der Waals surface area contributed by atoms with Crippen molar-refractivity contribution in [1.82, 2.24) is 9.88 Å². The number of benzene rings is 1. The lowest BCUT2D eigenvalue weighted by Crippen LogP contribution is -2.25. The number of carbonyl (C=O) groups excluding carboxylic acids is 2. The molecule has 0 fully saturated rings. The number of pyridine rings is 1. The quantitative estimate of drug-likeness (QED) is 0.495. The zero-order valence-electron chi connectivity index (χ0n) is 13.1. The molecule has 2 amide bonds. The van der Waals surface area contributed by atoms with Gasteiger partial charge in [0.2, 0.25) is 0 Å². The number of hydrogen-bond acceptors (Lipinski definition) is 4. The van der Waals surface area contributed by atoms with Gasteiger partial charge in [0.05, 0.1) is 27.9 Å². The number of rotatable bonds is 1. The summed E-state index contributed by atoms with van der Waals surface area (Å²) in [5, 5.41) is 1.86. The predicted octanol–water partition coefficient (Wildman–Crippen LogP) is 3.10. The maximum atomic E-state index is 13.2. The van der Waals surface area contributed by atoms with Crippen molar-refractivity contribution in [3.8, 4) is 5.69 Å². The third-order valence-electron chi connectivity index (χ3n) is 3.89. The molecular formula is C15H6BrF6N3O3. The Kier molecular flexibility index (Phi) is 4.33. The first kappa shape index (κ1) is 19.9. The highest BCUT2D eigenvalue weighted by Crippen LogP contribution is 2.43. The number of hydrogen-bond donors (Lipinski definition) is 2. The van der Waals surface area contributed by atoms with Crippen LogP contribution >= 0.6 is 15.9 Å². The Hall–Kier alpha value is -2.83. The first-order valence-electron chi connectivity index (χ1n) is 7.13. The minimum absolute atomic E-state index is 0.0890. The van der Waals surface area contributed by atoms with Crippen molar-refractivity contribution in [2.45, 2.75) is 12.4 Å².